The minimum absolute atomic E-state index is 0.374. The molecule has 1 atom stereocenters. The van der Waals surface area contributed by atoms with Crippen LogP contribution in [0.3, 0.4) is 0 Å². The zero-order chi connectivity index (χ0) is 17.6. The van der Waals surface area contributed by atoms with Gasteiger partial charge >= 0.3 is 0 Å². The van der Waals surface area contributed by atoms with Gasteiger partial charge in [-0.25, -0.2) is 0 Å². The number of hydrogen-bond donors (Lipinski definition) is 3. The summed E-state index contributed by atoms with van der Waals surface area (Å²) in [4.78, 5) is 7.23. The SMILES string of the molecule is CCNC(=NCC(O)c1ccc(C)cc1)NC1CCN(C2CC2)CC1. The van der Waals surface area contributed by atoms with E-state index in [9.17, 15) is 5.11 Å². The fourth-order valence-electron chi connectivity index (χ4n) is 3.43. The number of nitrogens with zero attached hydrogens (tertiary/aromatic N) is 2. The molecule has 2 aliphatic rings. The van der Waals surface area contributed by atoms with Crippen LogP contribution in [0.1, 0.15) is 49.8 Å². The number of nitrogens with one attached hydrogen (secondary N) is 2. The van der Waals surface area contributed by atoms with Gasteiger partial charge in [0.2, 0.25) is 0 Å². The maximum Gasteiger partial charge on any atom is 0.191 e. The molecule has 1 aromatic carbocycles. The second-order valence-corrected chi connectivity index (χ2v) is 7.33. The Hall–Kier alpha value is -1.59. The average Bonchev–Trinajstić information content (AvgIpc) is 3.46. The van der Waals surface area contributed by atoms with Gasteiger partial charge in [-0.2, -0.15) is 0 Å². The van der Waals surface area contributed by atoms with Gasteiger partial charge in [0.1, 0.15) is 0 Å². The Morgan fingerprint density at radius 3 is 2.48 bits per heavy atom. The van der Waals surface area contributed by atoms with E-state index in [1.807, 2.05) is 24.3 Å². The van der Waals surface area contributed by atoms with Crippen molar-refractivity contribution < 1.29 is 5.11 Å². The normalized spacial score (nSPS) is 21.2. The highest BCUT2D eigenvalue weighted by Gasteiger charge is 2.31. The Balaban J connectivity index is 1.51. The van der Waals surface area contributed by atoms with Gasteiger partial charge in [0.25, 0.3) is 0 Å². The Morgan fingerprint density at radius 2 is 1.88 bits per heavy atom. The molecule has 1 aromatic rings. The van der Waals surface area contributed by atoms with Gasteiger partial charge in [-0.15, -0.1) is 0 Å². The summed E-state index contributed by atoms with van der Waals surface area (Å²) in [7, 11) is 0. The summed E-state index contributed by atoms with van der Waals surface area (Å²) in [6.45, 7) is 7.70. The van der Waals surface area contributed by atoms with Crippen LogP contribution in [0.2, 0.25) is 0 Å². The molecule has 0 bridgehead atoms. The third kappa shape index (κ3) is 5.44. The number of rotatable bonds is 6. The summed E-state index contributed by atoms with van der Waals surface area (Å²) in [5, 5.41) is 17.2. The molecule has 25 heavy (non-hydrogen) atoms. The molecule has 3 rings (SSSR count). The number of aliphatic imine (C=N–C) groups is 1. The minimum atomic E-state index is -0.562. The number of aryl methyl sites for hydroxylation is 1. The van der Waals surface area contributed by atoms with Gasteiger partial charge in [0, 0.05) is 31.7 Å². The van der Waals surface area contributed by atoms with Crippen molar-refractivity contribution in [1.29, 1.82) is 0 Å². The van der Waals surface area contributed by atoms with Crippen LogP contribution in [0.5, 0.6) is 0 Å². The smallest absolute Gasteiger partial charge is 0.191 e. The number of benzene rings is 1. The fourth-order valence-corrected chi connectivity index (χ4v) is 3.43. The second kappa shape index (κ2) is 8.68. The van der Waals surface area contributed by atoms with E-state index in [1.165, 1.54) is 44.3 Å². The van der Waals surface area contributed by atoms with Gasteiger partial charge in [-0.1, -0.05) is 29.8 Å². The molecular weight excluding hydrogens is 312 g/mol. The van der Waals surface area contributed by atoms with E-state index in [4.69, 9.17) is 0 Å². The maximum absolute atomic E-state index is 10.4. The van der Waals surface area contributed by atoms with Crippen molar-refractivity contribution in [3.05, 3.63) is 35.4 Å². The van der Waals surface area contributed by atoms with Crippen LogP contribution in [0.25, 0.3) is 0 Å². The first-order valence-corrected chi connectivity index (χ1v) is 9.69. The highest BCUT2D eigenvalue weighted by Crippen LogP contribution is 2.29. The van der Waals surface area contributed by atoms with Crippen molar-refractivity contribution in [3.63, 3.8) is 0 Å². The lowest BCUT2D eigenvalue weighted by Gasteiger charge is -2.33. The Labute approximate surface area is 151 Å². The number of piperidine rings is 1. The first-order valence-electron chi connectivity index (χ1n) is 9.69. The molecule has 1 saturated heterocycles. The number of guanidine groups is 1. The molecular formula is C20H32N4O. The minimum Gasteiger partial charge on any atom is -0.386 e. The number of aliphatic hydroxyl groups is 1. The van der Waals surface area contributed by atoms with Crippen LogP contribution >= 0.6 is 0 Å². The summed E-state index contributed by atoms with van der Waals surface area (Å²) in [6.07, 6.45) is 4.55. The molecule has 0 spiro atoms. The molecule has 0 aromatic heterocycles. The molecule has 2 fully saturated rings. The lowest BCUT2D eigenvalue weighted by Crippen LogP contribution is -2.49. The summed E-state index contributed by atoms with van der Waals surface area (Å²) >= 11 is 0. The maximum atomic E-state index is 10.4. The van der Waals surface area contributed by atoms with Crippen molar-refractivity contribution in [2.45, 2.75) is 57.7 Å². The zero-order valence-corrected chi connectivity index (χ0v) is 15.5. The molecule has 5 heteroatoms. The van der Waals surface area contributed by atoms with Gasteiger partial charge in [0.05, 0.1) is 12.6 Å². The zero-order valence-electron chi connectivity index (χ0n) is 15.5. The van der Waals surface area contributed by atoms with E-state index in [2.05, 4.69) is 34.4 Å². The number of hydrogen-bond acceptors (Lipinski definition) is 3. The summed E-state index contributed by atoms with van der Waals surface area (Å²) in [5.41, 5.74) is 2.12. The monoisotopic (exact) mass is 344 g/mol. The predicted octanol–water partition coefficient (Wildman–Crippen LogP) is 2.21. The van der Waals surface area contributed by atoms with E-state index in [-0.39, 0.29) is 0 Å². The van der Waals surface area contributed by atoms with E-state index in [1.54, 1.807) is 0 Å². The Morgan fingerprint density at radius 1 is 1.20 bits per heavy atom. The summed E-state index contributed by atoms with van der Waals surface area (Å²) in [6, 6.07) is 9.35. The van der Waals surface area contributed by atoms with Crippen molar-refractivity contribution >= 4 is 5.96 Å². The van der Waals surface area contributed by atoms with Crippen LogP contribution in [-0.2, 0) is 0 Å². The highest BCUT2D eigenvalue weighted by molar-refractivity contribution is 5.80. The van der Waals surface area contributed by atoms with E-state index in [0.29, 0.717) is 12.6 Å². The van der Waals surface area contributed by atoms with Gasteiger partial charge in [0.15, 0.2) is 5.96 Å². The molecule has 1 saturated carbocycles. The predicted molar refractivity (Wildman–Crippen MR) is 103 cm³/mol. The van der Waals surface area contributed by atoms with Crippen LogP contribution in [0.4, 0.5) is 0 Å². The van der Waals surface area contributed by atoms with E-state index < -0.39 is 6.10 Å². The molecule has 1 aliphatic carbocycles. The van der Waals surface area contributed by atoms with Crippen molar-refractivity contribution in [1.82, 2.24) is 15.5 Å². The van der Waals surface area contributed by atoms with Crippen LogP contribution in [-0.4, -0.2) is 54.2 Å². The highest BCUT2D eigenvalue weighted by atomic mass is 16.3. The molecule has 1 unspecified atom stereocenters. The first-order chi connectivity index (χ1) is 12.2. The largest absolute Gasteiger partial charge is 0.386 e. The third-order valence-corrected chi connectivity index (χ3v) is 5.16. The van der Waals surface area contributed by atoms with Crippen LogP contribution in [0, 0.1) is 6.92 Å². The van der Waals surface area contributed by atoms with Crippen molar-refractivity contribution in [2.24, 2.45) is 4.99 Å². The Bertz CT molecular complexity index is 560. The van der Waals surface area contributed by atoms with Gasteiger partial charge < -0.3 is 20.6 Å². The second-order valence-electron chi connectivity index (χ2n) is 7.33. The first kappa shape index (κ1) is 18.2. The summed E-state index contributed by atoms with van der Waals surface area (Å²) < 4.78 is 0. The topological polar surface area (TPSA) is 59.9 Å². The third-order valence-electron chi connectivity index (χ3n) is 5.16. The standard InChI is InChI=1S/C20H32N4O/c1-3-21-20(22-14-19(25)16-6-4-15(2)5-7-16)23-17-10-12-24(13-11-17)18-8-9-18/h4-7,17-19,25H,3,8-14H2,1-2H3,(H2,21,22,23). The van der Waals surface area contributed by atoms with Gasteiger partial charge in [-0.05, 0) is 45.1 Å². The average molecular weight is 345 g/mol. The lowest BCUT2D eigenvalue weighted by atomic mass is 10.1. The van der Waals surface area contributed by atoms with Gasteiger partial charge in [-0.3, -0.25) is 4.99 Å². The molecule has 1 aliphatic heterocycles. The molecule has 1 heterocycles. The summed E-state index contributed by atoms with van der Waals surface area (Å²) in [5.74, 6) is 0.818. The number of likely N-dealkylation sites (tertiary alicyclic amines) is 1. The lowest BCUT2D eigenvalue weighted by molar-refractivity contribution is 0.186. The molecule has 0 amide bonds. The molecule has 3 N–H and O–H groups in total. The van der Waals surface area contributed by atoms with E-state index in [0.717, 1.165) is 24.1 Å². The Kier molecular flexibility index (Phi) is 6.32. The van der Waals surface area contributed by atoms with Crippen molar-refractivity contribution in [3.8, 4) is 0 Å². The van der Waals surface area contributed by atoms with Crippen LogP contribution in [0.15, 0.2) is 29.3 Å². The quantitative estimate of drug-likeness (QED) is 0.547. The van der Waals surface area contributed by atoms with Crippen molar-refractivity contribution in [2.75, 3.05) is 26.2 Å². The molecule has 0 radical (unpaired) electrons. The fraction of sp³-hybridized carbons (Fsp3) is 0.650. The molecule has 5 nitrogen and oxygen atoms in total. The number of aliphatic hydroxyl groups excluding tert-OH is 1. The van der Waals surface area contributed by atoms with Crippen LogP contribution < -0.4 is 10.6 Å². The van der Waals surface area contributed by atoms with E-state index >= 15 is 0 Å². The molecule has 138 valence electrons.